The molecule has 0 aliphatic carbocycles. The molecule has 0 bridgehead atoms. The molecule has 136 heavy (non-hydrogen) atoms. The fraction of sp³-hybridized carbons (Fsp3) is 0.319. The third-order valence-electron chi connectivity index (χ3n) is 22.7. The summed E-state index contributed by atoms with van der Waals surface area (Å²) in [6, 6.07) is 83.8. The fourth-order valence-electron chi connectivity index (χ4n) is 14.8. The van der Waals surface area contributed by atoms with Crippen molar-refractivity contribution < 1.29 is 62.8 Å². The molecular formula is C116H144N6O13S. The number of anilines is 7. The summed E-state index contributed by atoms with van der Waals surface area (Å²) in [5.74, 6) is 4.46. The van der Waals surface area contributed by atoms with E-state index >= 15 is 0 Å². The standard InChI is InChI=1S/C26H31NO.C23H25NO2.C21H29NO4S.C18H23NO2.C15H17NO2.C13H19NO2/c1-3-5-17-27(18-6-4-2)23-19-24(21-13-9-7-10-14-21)26(28)25(20-23)22-15-11-8-12-16-22;1-17-9-12-23(18(2)15-17)26-14-6-13-24-20-10-11-22(25)21(16-20)19-7-4-3-5-8-19;1-14(2)27(24,25)21-13-18(16(4)12-19(21)23)22-9-6-10-26-20-8-7-15(3)11-17(20)5;1-13-5-8-18(15(3)11-13)21-10-4-9-19-16-6-7-17(20)14(2)12-16;1-10-4-5-11(2)13(8-10)16-12-6-7-14(17)15(9-12)18-3;1-3-4-5-6-13(16)14-11-7-8-12(15)10(2)9-11/h7-16,19-20,28H,3-6,17-18H2,1-2H3;3-5,7-12,15-16,24-25H,6,13-14H2,1-2H3;7-8,11-14,22-23H,6,9-10H2,1-5H3;5-8,11-12,19-20H,4,9-10H2,1-3H3;4-9,16-17H,1-3H3;7-9,15H,3-6H2,1-2H3,(H,14,16). The van der Waals surface area contributed by atoms with Crippen LogP contribution in [0.25, 0.3) is 33.4 Å². The van der Waals surface area contributed by atoms with Gasteiger partial charge in [-0.1, -0.05) is 203 Å². The van der Waals surface area contributed by atoms with Gasteiger partial charge in [-0.15, -0.1) is 0 Å². The summed E-state index contributed by atoms with van der Waals surface area (Å²) >= 11 is 0. The topological polar surface area (TPSA) is 273 Å². The number of phenols is 6. The number of phenolic OH excluding ortho intramolecular Hbond substituents is 6. The Kier molecular flexibility index (Phi) is 44.2. The lowest BCUT2D eigenvalue weighted by Gasteiger charge is -2.27. The van der Waals surface area contributed by atoms with Gasteiger partial charge in [-0.05, 0) is 305 Å². The fourth-order valence-corrected chi connectivity index (χ4v) is 15.9. The number of methoxy groups -OCH3 is 1. The van der Waals surface area contributed by atoms with E-state index in [-0.39, 0.29) is 28.1 Å². The minimum atomic E-state index is -3.54. The lowest BCUT2D eigenvalue weighted by Crippen LogP contribution is -2.25. The number of unbranched alkanes of at least 4 members (excludes halogenated alkanes) is 4. The first-order valence-corrected chi connectivity index (χ1v) is 48.9. The lowest BCUT2D eigenvalue weighted by molar-refractivity contribution is -0.116. The number of amides is 1. The summed E-state index contributed by atoms with van der Waals surface area (Å²) in [5.41, 5.74) is 24.3. The van der Waals surface area contributed by atoms with Crippen LogP contribution in [-0.2, 0) is 14.6 Å². The Balaban J connectivity index is 0.000000203. The molecule has 13 aromatic carbocycles. The third kappa shape index (κ3) is 34.9. The van der Waals surface area contributed by atoms with Crippen molar-refractivity contribution in [3.8, 4) is 90.9 Å². The second kappa shape index (κ2) is 55.8. The number of hydrogen-bond acceptors (Lipinski definition) is 18. The van der Waals surface area contributed by atoms with Gasteiger partial charge in [0.25, 0.3) is 0 Å². The van der Waals surface area contributed by atoms with E-state index in [1.807, 2.05) is 149 Å². The molecule has 0 saturated carbocycles. The maximum atomic E-state index is 12.4. The number of nitrogens with one attached hydrogen (secondary N) is 5. The molecule has 1 amide bonds. The number of rotatable bonds is 38. The van der Waals surface area contributed by atoms with Gasteiger partial charge >= 0.3 is 0 Å². The first-order valence-electron chi connectivity index (χ1n) is 47.4. The third-order valence-corrected chi connectivity index (χ3v) is 24.9. The number of ether oxygens (including phenoxy) is 4. The van der Waals surface area contributed by atoms with Gasteiger partial charge in [0.2, 0.25) is 5.91 Å². The van der Waals surface area contributed by atoms with E-state index in [4.69, 9.17) is 18.9 Å². The summed E-state index contributed by atoms with van der Waals surface area (Å²) < 4.78 is 47.3. The number of hydrogen-bond donors (Lipinski definition) is 11. The Labute approximate surface area is 809 Å². The highest BCUT2D eigenvalue weighted by Gasteiger charge is 2.25. The molecule has 20 heteroatoms. The van der Waals surface area contributed by atoms with E-state index in [0.717, 1.165) is 166 Å². The molecule has 0 aromatic heterocycles. The molecule has 0 aliphatic heterocycles. The summed E-state index contributed by atoms with van der Waals surface area (Å²) in [4.78, 5) is 14.0. The minimum Gasteiger partial charge on any atom is -0.508 e. The minimum absolute atomic E-state index is 0.0304. The van der Waals surface area contributed by atoms with Crippen molar-refractivity contribution in [3.05, 3.63) is 322 Å². The number of sulfone groups is 1. The van der Waals surface area contributed by atoms with Crippen molar-refractivity contribution in [1.82, 2.24) is 0 Å². The van der Waals surface area contributed by atoms with Crippen molar-refractivity contribution in [2.24, 2.45) is 0 Å². The smallest absolute Gasteiger partial charge is 0.224 e. The number of aromatic hydroxyl groups is 6. The average Bonchev–Trinajstić information content (AvgIpc) is 0.837. The van der Waals surface area contributed by atoms with Crippen LogP contribution in [0.1, 0.15) is 166 Å². The van der Waals surface area contributed by atoms with Crippen LogP contribution in [0.2, 0.25) is 0 Å². The monoisotopic (exact) mass is 1860 g/mol. The largest absolute Gasteiger partial charge is 0.508 e. The van der Waals surface area contributed by atoms with Crippen molar-refractivity contribution >= 4 is 55.6 Å². The van der Waals surface area contributed by atoms with Crippen molar-refractivity contribution in [2.45, 2.75) is 192 Å². The maximum absolute atomic E-state index is 12.4. The van der Waals surface area contributed by atoms with E-state index in [1.54, 1.807) is 56.3 Å². The molecule has 0 atom stereocenters. The van der Waals surface area contributed by atoms with Gasteiger partial charge in [0.1, 0.15) is 50.9 Å². The second-order valence-corrected chi connectivity index (χ2v) is 37.1. The predicted molar refractivity (Wildman–Crippen MR) is 566 cm³/mol. The Hall–Kier alpha value is -13.7. The molecule has 0 spiro atoms. The number of carbonyl (C=O) groups excluding carboxylic acids is 1. The molecule has 0 unspecified atom stereocenters. The molecule has 13 rings (SSSR count). The van der Waals surface area contributed by atoms with Crippen molar-refractivity contribution in [2.75, 3.05) is 91.1 Å². The number of benzene rings is 13. The Morgan fingerprint density at radius 1 is 0.353 bits per heavy atom. The molecule has 0 saturated heterocycles. The Bertz CT molecular complexity index is 5940. The normalized spacial score (nSPS) is 10.7. The molecule has 13 aromatic rings. The average molecular weight is 1860 g/mol. The van der Waals surface area contributed by atoms with Crippen LogP contribution < -0.4 is 50.4 Å². The Morgan fingerprint density at radius 2 is 0.772 bits per heavy atom. The van der Waals surface area contributed by atoms with E-state index in [2.05, 4.69) is 186 Å². The highest BCUT2D eigenvalue weighted by Crippen LogP contribution is 2.43. The van der Waals surface area contributed by atoms with Crippen molar-refractivity contribution in [1.29, 1.82) is 0 Å². The molecular weight excluding hydrogens is 1720 g/mol. The molecule has 0 fully saturated rings. The predicted octanol–water partition coefficient (Wildman–Crippen LogP) is 28.2. The highest BCUT2D eigenvalue weighted by atomic mass is 32.2. The summed E-state index contributed by atoms with van der Waals surface area (Å²) in [6.45, 7) is 38.1. The van der Waals surface area contributed by atoms with Crippen LogP contribution in [0.3, 0.4) is 0 Å². The lowest BCUT2D eigenvalue weighted by atomic mass is 9.96. The van der Waals surface area contributed by atoms with E-state index in [1.165, 1.54) is 89.6 Å². The SMILES string of the molecule is CCCCCC(=O)Nc1ccc(O)c(C)c1.CCCCN(CCCC)c1cc(-c2ccccc2)c(O)c(-c2ccccc2)c1.COc1cc(Nc2cc(C)ccc2C)ccc1O.Cc1ccc(OCCCNc2cc(S(=O)(=O)C(C)C)c(O)cc2C)c(C)c1.Cc1ccc(OCCCNc2ccc(O)c(-c3ccccc3)c2)c(C)c1.Cc1ccc(OCCCNc2ccc(O)c(C)c2)c(C)c1. The van der Waals surface area contributed by atoms with Crippen LogP contribution in [0.5, 0.6) is 57.5 Å². The van der Waals surface area contributed by atoms with Gasteiger partial charge in [-0.3, -0.25) is 4.79 Å². The van der Waals surface area contributed by atoms with Crippen LogP contribution in [0.15, 0.2) is 266 Å². The number of aryl methyl sites for hydroxylation is 11. The molecule has 11 N–H and O–H groups in total. The summed E-state index contributed by atoms with van der Waals surface area (Å²) in [7, 11) is -2.00. The quantitative estimate of drug-likeness (QED) is 0.0127. The summed E-state index contributed by atoms with van der Waals surface area (Å²) in [6.07, 6.45) is 11.0. The van der Waals surface area contributed by atoms with Gasteiger partial charge in [0.05, 0.1) is 32.2 Å². The molecule has 0 radical (unpaired) electrons. The van der Waals surface area contributed by atoms with E-state index in [9.17, 15) is 43.9 Å². The Morgan fingerprint density at radius 3 is 1.23 bits per heavy atom. The first-order chi connectivity index (χ1) is 65.3. The van der Waals surface area contributed by atoms with Crippen LogP contribution in [0, 0.1) is 76.2 Å². The molecule has 0 heterocycles. The number of carbonyl (C=O) groups is 1. The molecule has 0 aliphatic rings. The van der Waals surface area contributed by atoms with Crippen LogP contribution in [0.4, 0.5) is 39.8 Å². The first kappa shape index (κ1) is 108. The van der Waals surface area contributed by atoms with Gasteiger partial charge in [-0.25, -0.2) is 8.42 Å². The van der Waals surface area contributed by atoms with Gasteiger partial charge in [-0.2, -0.15) is 0 Å². The molecule has 722 valence electrons. The van der Waals surface area contributed by atoms with Crippen LogP contribution in [-0.4, -0.2) is 110 Å². The highest BCUT2D eigenvalue weighted by molar-refractivity contribution is 7.92. The van der Waals surface area contributed by atoms with Gasteiger partial charge in [0.15, 0.2) is 21.3 Å². The van der Waals surface area contributed by atoms with Gasteiger partial charge < -0.3 is 81.1 Å². The zero-order chi connectivity index (χ0) is 98.6. The zero-order valence-corrected chi connectivity index (χ0v) is 83.6. The number of nitrogens with zero attached hydrogens (tertiary/aromatic N) is 1. The van der Waals surface area contributed by atoms with Crippen molar-refractivity contribution in [3.63, 3.8) is 0 Å². The van der Waals surface area contributed by atoms with Gasteiger partial charge in [0, 0.05) is 102 Å². The van der Waals surface area contributed by atoms with E-state index < -0.39 is 15.1 Å². The van der Waals surface area contributed by atoms with E-state index in [0.29, 0.717) is 61.5 Å². The molecule has 19 nitrogen and oxygen atoms in total. The van der Waals surface area contributed by atoms with Crippen LogP contribution >= 0.6 is 0 Å². The maximum Gasteiger partial charge on any atom is 0.224 e. The zero-order valence-electron chi connectivity index (χ0n) is 82.7. The summed E-state index contributed by atoms with van der Waals surface area (Å²) in [5, 5.41) is 75.2. The second-order valence-electron chi connectivity index (χ2n) is 34.7.